The molecule has 0 aliphatic carbocycles. The van der Waals surface area contributed by atoms with Crippen LogP contribution >= 0.6 is 12.6 Å². The van der Waals surface area contributed by atoms with Crippen LogP contribution in [0.25, 0.3) is 10.8 Å². The number of azo groups is 3. The van der Waals surface area contributed by atoms with Crippen LogP contribution in [-0.4, -0.2) is 56.4 Å². The molecule has 0 atom stereocenters. The lowest BCUT2D eigenvalue weighted by atomic mass is 10.1. The molecule has 6 aromatic rings. The molecule has 6 rings (SSSR count). The smallest absolute Gasteiger partial charge is 0.296 e. The molecular weight excluding hydrogens is 899 g/mol. The van der Waals surface area contributed by atoms with Crippen molar-refractivity contribution in [2.24, 2.45) is 30.7 Å². The van der Waals surface area contributed by atoms with Crippen molar-refractivity contribution in [2.45, 2.75) is 35.0 Å². The van der Waals surface area contributed by atoms with E-state index < -0.39 is 57.3 Å². The molecule has 63 heavy (non-hydrogen) atoms. The van der Waals surface area contributed by atoms with E-state index in [-0.39, 0.29) is 58.0 Å². The van der Waals surface area contributed by atoms with Gasteiger partial charge in [-0.05, 0) is 122 Å². The van der Waals surface area contributed by atoms with Gasteiger partial charge in [-0.2, -0.15) is 40.6 Å². The van der Waals surface area contributed by atoms with Gasteiger partial charge in [0.15, 0.2) is 5.75 Å². The van der Waals surface area contributed by atoms with Gasteiger partial charge in [-0.25, -0.2) is 0 Å². The number of thiol groups is 1. The van der Waals surface area contributed by atoms with Crippen molar-refractivity contribution in [3.8, 4) is 11.5 Å². The fraction of sp³-hybridized carbons (Fsp3) is 0.128. The van der Waals surface area contributed by atoms with E-state index in [0.717, 1.165) is 12.1 Å². The maximum atomic E-state index is 12.5. The molecule has 0 fully saturated rings. The minimum atomic E-state index is -4.91. The van der Waals surface area contributed by atoms with Crippen LogP contribution in [0.15, 0.2) is 136 Å². The topological polar surface area (TPSA) is 331 Å². The van der Waals surface area contributed by atoms with Gasteiger partial charge in [0.05, 0.1) is 29.4 Å². The van der Waals surface area contributed by atoms with Crippen LogP contribution in [0.4, 0.5) is 56.9 Å². The molecule has 6 aromatic carbocycles. The Morgan fingerprint density at radius 3 is 1.97 bits per heavy atom. The molecule has 0 saturated carbocycles. The van der Waals surface area contributed by atoms with Gasteiger partial charge in [-0.3, -0.25) is 13.7 Å². The van der Waals surface area contributed by atoms with Crippen molar-refractivity contribution in [1.82, 2.24) is 0 Å². The molecule has 0 aromatic heterocycles. The molecule has 0 aliphatic heterocycles. The molecule has 0 bridgehead atoms. The minimum absolute atomic E-state index is 0.0610. The Labute approximate surface area is 366 Å². The van der Waals surface area contributed by atoms with Gasteiger partial charge in [-0.1, -0.05) is 0 Å². The first-order chi connectivity index (χ1) is 29.6. The van der Waals surface area contributed by atoms with E-state index in [1.165, 1.54) is 36.4 Å². The van der Waals surface area contributed by atoms with Gasteiger partial charge < -0.3 is 26.6 Å². The number of phenols is 1. The number of nitrogens with one attached hydrogen (secondary N) is 1. The zero-order chi connectivity index (χ0) is 45.9. The Bertz CT molecular complexity index is 3220. The summed E-state index contributed by atoms with van der Waals surface area (Å²) in [5.41, 5.74) is 14.4. The highest BCUT2D eigenvalue weighted by molar-refractivity contribution is 7.86. The van der Waals surface area contributed by atoms with Crippen LogP contribution in [0, 0.1) is 13.8 Å². The van der Waals surface area contributed by atoms with Gasteiger partial charge in [0.1, 0.15) is 32.6 Å². The number of nitrogens with two attached hydrogens (primary N) is 2. The number of hydrogen-bond acceptors (Lipinski definition) is 18. The van der Waals surface area contributed by atoms with Crippen LogP contribution in [0.5, 0.6) is 11.5 Å². The number of anilines is 4. The number of phenolic OH excluding ortho intramolecular Hbond substituents is 1. The lowest BCUT2D eigenvalue weighted by Gasteiger charge is -2.12. The van der Waals surface area contributed by atoms with Gasteiger partial charge in [0.25, 0.3) is 30.4 Å². The predicted octanol–water partition coefficient (Wildman–Crippen LogP) is 9.76. The molecule has 0 saturated heterocycles. The highest BCUT2D eigenvalue weighted by Gasteiger charge is 2.23. The second-order valence-corrected chi connectivity index (χ2v) is 18.6. The third-order valence-electron chi connectivity index (χ3n) is 8.97. The summed E-state index contributed by atoms with van der Waals surface area (Å²) < 4.78 is 106. The van der Waals surface area contributed by atoms with Crippen molar-refractivity contribution in [2.75, 3.05) is 29.1 Å². The van der Waals surface area contributed by atoms with Gasteiger partial charge in [0, 0.05) is 39.1 Å². The fourth-order valence-electron chi connectivity index (χ4n) is 5.86. The van der Waals surface area contributed by atoms with Crippen LogP contribution in [0.2, 0.25) is 0 Å². The van der Waals surface area contributed by atoms with E-state index >= 15 is 0 Å². The van der Waals surface area contributed by atoms with E-state index in [0.29, 0.717) is 38.8 Å². The van der Waals surface area contributed by atoms with E-state index in [9.17, 15) is 39.5 Å². The van der Waals surface area contributed by atoms with Gasteiger partial charge in [0.2, 0.25) is 0 Å². The third-order valence-corrected chi connectivity index (χ3v) is 11.9. The Hall–Kier alpha value is -6.54. The first kappa shape index (κ1) is 46.0. The first-order valence-corrected chi connectivity index (χ1v) is 23.1. The largest absolute Gasteiger partial charge is 0.505 e. The number of nitrogens with zero attached hydrogens (tertiary/aromatic N) is 6. The van der Waals surface area contributed by atoms with Crippen molar-refractivity contribution < 1.29 is 48.8 Å². The number of nitrogen functional groups attached to an aromatic ring is 2. The van der Waals surface area contributed by atoms with Crippen molar-refractivity contribution >= 4 is 111 Å². The quantitative estimate of drug-likeness (QED) is 0.0156. The van der Waals surface area contributed by atoms with Crippen molar-refractivity contribution in [3.63, 3.8) is 0 Å². The summed E-state index contributed by atoms with van der Waals surface area (Å²) in [6.07, 6.45) is -0.0948. The molecule has 0 radical (unpaired) electrons. The minimum Gasteiger partial charge on any atom is -0.505 e. The molecule has 0 aliphatic rings. The highest BCUT2D eigenvalue weighted by atomic mass is 32.2. The van der Waals surface area contributed by atoms with Crippen LogP contribution in [-0.2, 0) is 30.4 Å². The summed E-state index contributed by atoms with van der Waals surface area (Å²) in [7, 11) is -13.9. The number of hydrogen-bond donors (Lipinski definition) is 8. The maximum absolute atomic E-state index is 12.5. The molecular formula is C39H37N9O11S4. The summed E-state index contributed by atoms with van der Waals surface area (Å²) in [5.74, 6) is -1.06. The lowest BCUT2D eigenvalue weighted by Crippen LogP contribution is -2.08. The van der Waals surface area contributed by atoms with E-state index in [1.807, 2.05) is 0 Å². The third kappa shape index (κ3) is 11.7. The second-order valence-electron chi connectivity index (χ2n) is 13.7. The lowest BCUT2D eigenvalue weighted by molar-refractivity contribution is 0.317. The van der Waals surface area contributed by atoms with Crippen LogP contribution in [0.1, 0.15) is 17.5 Å². The normalized spacial score (nSPS) is 12.5. The summed E-state index contributed by atoms with van der Waals surface area (Å²) in [5, 5.41) is 39.7. The SMILES string of the molecule is Cc1cc(N=Nc2c(S(=O)(=O)O)cc3cc(Nc4ccc(N)c(S)c4)ccc3c2O)ccc1N=Nc1cc(C)c(N=Nc2ccc(N)cc2S(=O)(=O)O)cc1OCCCS(=O)(=O)O. The zero-order valence-corrected chi connectivity index (χ0v) is 36.3. The summed E-state index contributed by atoms with van der Waals surface area (Å²) in [6, 6.07) is 22.2. The standard InChI is InChI=1S/C39H37N9O11S4/c1-21-14-27(43-48-38-37(63(56,57)58)17-23-16-25(5-8-28(23)39(38)49)42-26-6-9-29(41)35(60)19-26)7-11-30(21)44-47-33-15-22(2)32(20-34(33)59-12-3-13-61(50,51)52)46-45-31-10-4-24(40)18-36(31)62(53,54)55/h4-11,14-20,42,49,60H,3,12-13,40-41H2,1-2H3,(H,50,51,52)(H,53,54,55)(H,56,57,58). The average Bonchev–Trinajstić information content (AvgIpc) is 3.19. The fourth-order valence-corrected chi connectivity index (χ4v) is 7.87. The Kier molecular flexibility index (Phi) is 13.5. The highest BCUT2D eigenvalue weighted by Crippen LogP contribution is 2.43. The molecule has 328 valence electrons. The number of aryl methyl sites for hydroxylation is 2. The Morgan fingerprint density at radius 2 is 1.29 bits per heavy atom. The van der Waals surface area contributed by atoms with Crippen LogP contribution in [0.3, 0.4) is 0 Å². The van der Waals surface area contributed by atoms with Crippen LogP contribution < -0.4 is 21.5 Å². The molecule has 0 spiro atoms. The molecule has 20 nitrogen and oxygen atoms in total. The monoisotopic (exact) mass is 935 g/mol. The number of rotatable bonds is 15. The summed E-state index contributed by atoms with van der Waals surface area (Å²) >= 11 is 4.33. The Balaban J connectivity index is 1.28. The Morgan fingerprint density at radius 1 is 0.651 bits per heavy atom. The predicted molar refractivity (Wildman–Crippen MR) is 239 cm³/mol. The summed E-state index contributed by atoms with van der Waals surface area (Å²) in [6.45, 7) is 3.14. The number of aromatic hydroxyl groups is 1. The molecule has 0 heterocycles. The molecule has 0 unspecified atom stereocenters. The first-order valence-electron chi connectivity index (χ1n) is 18.1. The van der Waals surface area contributed by atoms with Crippen molar-refractivity contribution in [3.05, 3.63) is 102 Å². The van der Waals surface area contributed by atoms with Gasteiger partial charge >= 0.3 is 0 Å². The molecule has 9 N–H and O–H groups in total. The van der Waals surface area contributed by atoms with E-state index in [2.05, 4.69) is 48.6 Å². The number of ether oxygens (including phenoxy) is 1. The second kappa shape index (κ2) is 18.4. The molecule has 24 heteroatoms. The van der Waals surface area contributed by atoms with E-state index in [1.54, 1.807) is 56.3 Å². The average molecular weight is 936 g/mol. The number of fused-ring (bicyclic) bond motifs is 1. The van der Waals surface area contributed by atoms with Crippen molar-refractivity contribution in [1.29, 1.82) is 0 Å². The zero-order valence-electron chi connectivity index (χ0n) is 32.9. The van der Waals surface area contributed by atoms with Gasteiger partial charge in [-0.15, -0.1) is 28.0 Å². The van der Waals surface area contributed by atoms with E-state index in [4.69, 9.17) is 20.8 Å². The molecule has 0 amide bonds. The maximum Gasteiger partial charge on any atom is 0.296 e. The summed E-state index contributed by atoms with van der Waals surface area (Å²) in [4.78, 5) is -0.710. The number of benzene rings is 6.